The molecular formula is C31H54BrNO. The van der Waals surface area contributed by atoms with Gasteiger partial charge in [-0.3, -0.25) is 4.79 Å². The fourth-order valence-corrected chi connectivity index (χ4v) is 5.10. The second-order valence-corrected chi connectivity index (χ2v) is 11.1. The highest BCUT2D eigenvalue weighted by Gasteiger charge is 2.15. The third kappa shape index (κ3) is 18.5. The van der Waals surface area contributed by atoms with Crippen molar-refractivity contribution in [2.75, 3.05) is 6.54 Å². The Morgan fingerprint density at radius 3 is 1.35 bits per heavy atom. The van der Waals surface area contributed by atoms with Gasteiger partial charge < -0.3 is 5.32 Å². The van der Waals surface area contributed by atoms with Gasteiger partial charge in [0, 0.05) is 6.54 Å². The number of halogens is 1. The van der Waals surface area contributed by atoms with E-state index in [1.165, 1.54) is 128 Å². The molecule has 0 spiro atoms. The minimum atomic E-state index is -0.247. The van der Waals surface area contributed by atoms with Gasteiger partial charge in [0.2, 0.25) is 5.91 Å². The van der Waals surface area contributed by atoms with Gasteiger partial charge in [-0.25, -0.2) is 0 Å². The first-order valence-corrected chi connectivity index (χ1v) is 15.6. The molecule has 1 unspecified atom stereocenters. The summed E-state index contributed by atoms with van der Waals surface area (Å²) in [5.74, 6) is 0.0689. The number of unbranched alkanes of at least 4 members (excludes halogenated alkanes) is 20. The minimum absolute atomic E-state index is 0.0689. The molecule has 1 atom stereocenters. The van der Waals surface area contributed by atoms with Crippen LogP contribution in [-0.2, 0) is 4.79 Å². The zero-order valence-corrected chi connectivity index (χ0v) is 23.9. The van der Waals surface area contributed by atoms with E-state index in [1.54, 1.807) is 0 Å². The lowest BCUT2D eigenvalue weighted by Crippen LogP contribution is -2.27. The number of amides is 1. The SMILES string of the molecule is CCCCCCCCCCCCCCCCCCCCCCCNC(=O)C(Br)c1ccccc1. The number of hydrogen-bond acceptors (Lipinski definition) is 1. The predicted octanol–water partition coefficient (Wildman–Crippen LogP) is 10.5. The van der Waals surface area contributed by atoms with E-state index in [2.05, 4.69) is 28.2 Å². The summed E-state index contributed by atoms with van der Waals surface area (Å²) in [6.07, 6.45) is 29.4. The average Bonchev–Trinajstić information content (AvgIpc) is 2.87. The van der Waals surface area contributed by atoms with Gasteiger partial charge >= 0.3 is 0 Å². The van der Waals surface area contributed by atoms with Crippen molar-refractivity contribution in [3.8, 4) is 0 Å². The third-order valence-corrected chi connectivity index (χ3v) is 7.85. The van der Waals surface area contributed by atoms with Gasteiger partial charge in [-0.1, -0.05) is 182 Å². The molecule has 3 heteroatoms. The van der Waals surface area contributed by atoms with Crippen LogP contribution >= 0.6 is 15.9 Å². The van der Waals surface area contributed by atoms with Crippen LogP contribution in [0.3, 0.4) is 0 Å². The first-order valence-electron chi connectivity index (χ1n) is 14.7. The number of carbonyl (C=O) groups is 1. The van der Waals surface area contributed by atoms with Gasteiger partial charge in [-0.05, 0) is 12.0 Å². The molecule has 1 aromatic carbocycles. The van der Waals surface area contributed by atoms with Crippen LogP contribution in [0, 0.1) is 0 Å². The van der Waals surface area contributed by atoms with Crippen LogP contribution in [0.15, 0.2) is 30.3 Å². The van der Waals surface area contributed by atoms with Crippen LogP contribution in [0.1, 0.15) is 152 Å². The minimum Gasteiger partial charge on any atom is -0.355 e. The number of nitrogens with one attached hydrogen (secondary N) is 1. The summed E-state index contributed by atoms with van der Waals surface area (Å²) in [6.45, 7) is 3.08. The van der Waals surface area contributed by atoms with Crippen LogP contribution in [-0.4, -0.2) is 12.5 Å². The molecule has 0 fully saturated rings. The number of carbonyl (C=O) groups excluding carboxylic acids is 1. The van der Waals surface area contributed by atoms with E-state index in [0.717, 1.165) is 18.5 Å². The lowest BCUT2D eigenvalue weighted by atomic mass is 10.0. The van der Waals surface area contributed by atoms with E-state index in [1.807, 2.05) is 30.3 Å². The van der Waals surface area contributed by atoms with Crippen molar-refractivity contribution in [3.63, 3.8) is 0 Å². The summed E-state index contributed by atoms with van der Waals surface area (Å²) in [6, 6.07) is 9.88. The molecule has 2 nitrogen and oxygen atoms in total. The molecule has 0 aromatic heterocycles. The Labute approximate surface area is 220 Å². The summed E-state index contributed by atoms with van der Waals surface area (Å²) in [5.41, 5.74) is 1.01. The van der Waals surface area contributed by atoms with E-state index in [4.69, 9.17) is 0 Å². The van der Waals surface area contributed by atoms with Gasteiger partial charge in [-0.2, -0.15) is 0 Å². The van der Waals surface area contributed by atoms with Crippen LogP contribution in [0.25, 0.3) is 0 Å². The van der Waals surface area contributed by atoms with Gasteiger partial charge in [0.1, 0.15) is 4.83 Å². The second-order valence-electron chi connectivity index (χ2n) is 10.1. The average molecular weight is 537 g/mol. The highest BCUT2D eigenvalue weighted by atomic mass is 79.9. The summed E-state index contributed by atoms with van der Waals surface area (Å²) in [5, 5.41) is 3.06. The zero-order valence-electron chi connectivity index (χ0n) is 22.3. The Balaban J connectivity index is 1.74. The summed E-state index contributed by atoms with van der Waals surface area (Å²) < 4.78 is 0. The zero-order chi connectivity index (χ0) is 24.5. The lowest BCUT2D eigenvalue weighted by molar-refractivity contribution is -0.120. The van der Waals surface area contributed by atoms with Crippen molar-refractivity contribution in [1.82, 2.24) is 5.32 Å². The van der Waals surface area contributed by atoms with Crippen molar-refractivity contribution in [3.05, 3.63) is 35.9 Å². The Kier molecular flexibility index (Phi) is 21.9. The fraction of sp³-hybridized carbons (Fsp3) is 0.774. The van der Waals surface area contributed by atoms with Crippen LogP contribution < -0.4 is 5.32 Å². The van der Waals surface area contributed by atoms with E-state index in [0.29, 0.717) is 0 Å². The van der Waals surface area contributed by atoms with Gasteiger partial charge in [-0.15, -0.1) is 0 Å². The van der Waals surface area contributed by atoms with E-state index >= 15 is 0 Å². The predicted molar refractivity (Wildman–Crippen MR) is 154 cm³/mol. The van der Waals surface area contributed by atoms with Crippen LogP contribution in [0.5, 0.6) is 0 Å². The first kappa shape index (κ1) is 31.2. The molecule has 0 aliphatic rings. The number of hydrogen-bond donors (Lipinski definition) is 1. The Hall–Kier alpha value is -0.830. The van der Waals surface area contributed by atoms with E-state index < -0.39 is 0 Å². The van der Waals surface area contributed by atoms with Crippen molar-refractivity contribution in [2.24, 2.45) is 0 Å². The van der Waals surface area contributed by atoms with Gasteiger partial charge in [0.05, 0.1) is 0 Å². The highest BCUT2D eigenvalue weighted by Crippen LogP contribution is 2.22. The first-order chi connectivity index (χ1) is 16.8. The molecule has 0 bridgehead atoms. The van der Waals surface area contributed by atoms with Crippen LogP contribution in [0.4, 0.5) is 0 Å². The molecule has 1 N–H and O–H groups in total. The van der Waals surface area contributed by atoms with E-state index in [-0.39, 0.29) is 10.7 Å². The number of benzene rings is 1. The normalized spacial score (nSPS) is 12.1. The summed E-state index contributed by atoms with van der Waals surface area (Å²) >= 11 is 3.50. The second kappa shape index (κ2) is 23.9. The van der Waals surface area contributed by atoms with Gasteiger partial charge in [0.15, 0.2) is 0 Å². The number of alkyl halides is 1. The lowest BCUT2D eigenvalue weighted by Gasteiger charge is -2.11. The Morgan fingerprint density at radius 1 is 0.618 bits per heavy atom. The van der Waals surface area contributed by atoms with E-state index in [9.17, 15) is 4.79 Å². The molecule has 0 radical (unpaired) electrons. The Morgan fingerprint density at radius 2 is 0.971 bits per heavy atom. The third-order valence-electron chi connectivity index (χ3n) is 6.90. The molecule has 0 saturated heterocycles. The largest absolute Gasteiger partial charge is 0.355 e. The smallest absolute Gasteiger partial charge is 0.238 e. The molecule has 0 heterocycles. The monoisotopic (exact) mass is 535 g/mol. The number of rotatable bonds is 24. The van der Waals surface area contributed by atoms with Crippen molar-refractivity contribution >= 4 is 21.8 Å². The van der Waals surface area contributed by atoms with Crippen molar-refractivity contribution in [2.45, 2.75) is 147 Å². The maximum atomic E-state index is 12.2. The molecule has 0 aliphatic carbocycles. The summed E-state index contributed by atoms with van der Waals surface area (Å²) in [7, 11) is 0. The molecule has 0 aliphatic heterocycles. The molecule has 196 valence electrons. The topological polar surface area (TPSA) is 29.1 Å². The molecule has 1 aromatic rings. The van der Waals surface area contributed by atoms with Crippen molar-refractivity contribution in [1.29, 1.82) is 0 Å². The maximum Gasteiger partial charge on any atom is 0.238 e. The molecule has 0 saturated carbocycles. The van der Waals surface area contributed by atoms with Gasteiger partial charge in [0.25, 0.3) is 0 Å². The Bertz CT molecular complexity index is 562. The molecule has 34 heavy (non-hydrogen) atoms. The molecule has 1 amide bonds. The van der Waals surface area contributed by atoms with Crippen molar-refractivity contribution < 1.29 is 4.79 Å². The highest BCUT2D eigenvalue weighted by molar-refractivity contribution is 9.09. The summed E-state index contributed by atoms with van der Waals surface area (Å²) in [4.78, 5) is 11.9. The molecule has 1 rings (SSSR count). The van der Waals surface area contributed by atoms with Crippen LogP contribution in [0.2, 0.25) is 0 Å². The quantitative estimate of drug-likeness (QED) is 0.103. The fourth-order valence-electron chi connectivity index (χ4n) is 4.63. The molecular weight excluding hydrogens is 482 g/mol. The maximum absolute atomic E-state index is 12.2. The standard InChI is InChI=1S/C31H54BrNO/c1-2-3-4-5-6-7-8-9-10-11-12-13-14-15-16-17-18-19-20-21-25-28-33-31(34)30(32)29-26-23-22-24-27-29/h22-24,26-27,30H,2-21,25,28H2,1H3,(H,33,34).